The van der Waals surface area contributed by atoms with E-state index < -0.39 is 10.0 Å². The average molecular weight is 291 g/mol. The Kier molecular flexibility index (Phi) is 4.16. The van der Waals surface area contributed by atoms with Crippen molar-refractivity contribution in [1.82, 2.24) is 0 Å². The van der Waals surface area contributed by atoms with E-state index in [2.05, 4.69) is 0 Å². The third-order valence-corrected chi connectivity index (χ3v) is 3.68. The number of nitrogens with two attached hydrogens (primary N) is 1. The van der Waals surface area contributed by atoms with Crippen molar-refractivity contribution >= 4 is 16.3 Å². The van der Waals surface area contributed by atoms with Gasteiger partial charge in [0.25, 0.3) is 0 Å². The Labute approximate surface area is 117 Å². The molecule has 2 aromatic rings. The topological polar surface area (TPSA) is 86.5 Å². The highest BCUT2D eigenvalue weighted by atomic mass is 32.2. The lowest BCUT2D eigenvalue weighted by atomic mass is 10.2. The molecule has 0 saturated carbocycles. The van der Waals surface area contributed by atoms with Crippen LogP contribution in [0, 0.1) is 0 Å². The van der Waals surface area contributed by atoms with Crippen molar-refractivity contribution < 1.29 is 17.9 Å². The Morgan fingerprint density at radius 3 is 2.55 bits per heavy atom. The molecule has 2 N–H and O–H groups in total. The summed E-state index contributed by atoms with van der Waals surface area (Å²) in [6.45, 7) is 0.0505. The van der Waals surface area contributed by atoms with Gasteiger partial charge in [-0.15, -0.1) is 0 Å². The van der Waals surface area contributed by atoms with E-state index in [9.17, 15) is 13.2 Å². The number of ether oxygens (including phenoxy) is 1. The predicted octanol–water partition coefficient (Wildman–Crippen LogP) is 1.73. The molecule has 0 unspecified atom stereocenters. The molecule has 0 aliphatic heterocycles. The van der Waals surface area contributed by atoms with E-state index in [1.807, 2.05) is 0 Å². The fourth-order valence-electron chi connectivity index (χ4n) is 1.74. The van der Waals surface area contributed by atoms with Crippen molar-refractivity contribution in [2.24, 2.45) is 5.14 Å². The minimum absolute atomic E-state index is 0.0338. The first kappa shape index (κ1) is 14.2. The molecule has 104 valence electrons. The maximum atomic E-state index is 11.4. The molecular formula is C14H13NO4S. The number of rotatable bonds is 5. The fraction of sp³-hybridized carbons (Fsp3) is 0.0714. The van der Waals surface area contributed by atoms with Gasteiger partial charge in [0.05, 0.1) is 4.90 Å². The molecule has 0 aliphatic rings. The van der Waals surface area contributed by atoms with Crippen LogP contribution in [0.5, 0.6) is 5.75 Å². The van der Waals surface area contributed by atoms with Crippen LogP contribution in [-0.2, 0) is 16.6 Å². The van der Waals surface area contributed by atoms with Gasteiger partial charge >= 0.3 is 0 Å². The van der Waals surface area contributed by atoms with Crippen LogP contribution in [0.4, 0.5) is 0 Å². The maximum absolute atomic E-state index is 11.4. The summed E-state index contributed by atoms with van der Waals surface area (Å²) >= 11 is 0. The largest absolute Gasteiger partial charge is 0.489 e. The molecule has 0 radical (unpaired) electrons. The Balaban J connectivity index is 2.21. The number of aldehydes is 1. The van der Waals surface area contributed by atoms with E-state index in [1.165, 1.54) is 6.07 Å². The van der Waals surface area contributed by atoms with Crippen LogP contribution >= 0.6 is 0 Å². The van der Waals surface area contributed by atoms with Gasteiger partial charge in [0.1, 0.15) is 18.6 Å². The molecule has 0 bridgehead atoms. The van der Waals surface area contributed by atoms with E-state index in [1.54, 1.807) is 42.5 Å². The molecule has 20 heavy (non-hydrogen) atoms. The molecule has 0 fully saturated rings. The second-order valence-electron chi connectivity index (χ2n) is 4.13. The normalized spacial score (nSPS) is 11.1. The quantitative estimate of drug-likeness (QED) is 0.850. The number of hydrogen-bond acceptors (Lipinski definition) is 4. The van der Waals surface area contributed by atoms with Crippen LogP contribution in [0.15, 0.2) is 53.4 Å². The average Bonchev–Trinajstić information content (AvgIpc) is 2.44. The van der Waals surface area contributed by atoms with Crippen molar-refractivity contribution in [3.05, 3.63) is 59.7 Å². The van der Waals surface area contributed by atoms with Gasteiger partial charge in [0.2, 0.25) is 10.0 Å². The van der Waals surface area contributed by atoms with Crippen LogP contribution in [0.25, 0.3) is 0 Å². The summed E-state index contributed by atoms with van der Waals surface area (Å²) < 4.78 is 28.4. The van der Waals surface area contributed by atoms with Gasteiger partial charge in [-0.1, -0.05) is 30.3 Å². The van der Waals surface area contributed by atoms with Crippen molar-refractivity contribution in [3.8, 4) is 5.75 Å². The third-order valence-electron chi connectivity index (χ3n) is 2.67. The number of carbonyl (C=O) groups is 1. The summed E-state index contributed by atoms with van der Waals surface area (Å²) in [6, 6.07) is 13.0. The lowest BCUT2D eigenvalue weighted by Crippen LogP contribution is -2.15. The SMILES string of the molecule is NS(=O)(=O)c1ccccc1COc1cccc(C=O)c1. The molecule has 6 heteroatoms. The standard InChI is InChI=1S/C14H13NO4S/c15-20(17,18)14-7-2-1-5-12(14)10-19-13-6-3-4-11(8-13)9-16/h1-9H,10H2,(H2,15,17,18). The predicted molar refractivity (Wildman–Crippen MR) is 74.0 cm³/mol. The first-order valence-corrected chi connectivity index (χ1v) is 7.34. The molecule has 2 aromatic carbocycles. The zero-order valence-electron chi connectivity index (χ0n) is 10.5. The van der Waals surface area contributed by atoms with E-state index in [0.29, 0.717) is 23.2 Å². The highest BCUT2D eigenvalue weighted by Gasteiger charge is 2.13. The monoisotopic (exact) mass is 291 g/mol. The first-order valence-electron chi connectivity index (χ1n) is 5.79. The van der Waals surface area contributed by atoms with Gasteiger partial charge in [-0.3, -0.25) is 4.79 Å². The van der Waals surface area contributed by atoms with Gasteiger partial charge < -0.3 is 4.74 Å². The van der Waals surface area contributed by atoms with Crippen LogP contribution in [0.1, 0.15) is 15.9 Å². The van der Waals surface area contributed by atoms with Crippen molar-refractivity contribution in [3.63, 3.8) is 0 Å². The van der Waals surface area contributed by atoms with Crippen molar-refractivity contribution in [2.75, 3.05) is 0 Å². The highest BCUT2D eigenvalue weighted by molar-refractivity contribution is 7.89. The van der Waals surface area contributed by atoms with Gasteiger partial charge in [-0.05, 0) is 18.2 Å². The molecule has 5 nitrogen and oxygen atoms in total. The van der Waals surface area contributed by atoms with E-state index in [-0.39, 0.29) is 11.5 Å². The molecule has 2 rings (SSSR count). The van der Waals surface area contributed by atoms with Gasteiger partial charge in [0, 0.05) is 11.1 Å². The van der Waals surface area contributed by atoms with E-state index in [4.69, 9.17) is 9.88 Å². The number of carbonyl (C=O) groups excluding carboxylic acids is 1. The second-order valence-corrected chi connectivity index (χ2v) is 5.66. The number of sulfonamides is 1. The highest BCUT2D eigenvalue weighted by Crippen LogP contribution is 2.18. The minimum atomic E-state index is -3.79. The summed E-state index contributed by atoms with van der Waals surface area (Å²) in [5, 5.41) is 5.14. The van der Waals surface area contributed by atoms with Crippen LogP contribution in [0.2, 0.25) is 0 Å². The Morgan fingerprint density at radius 2 is 1.85 bits per heavy atom. The van der Waals surface area contributed by atoms with Gasteiger partial charge in [0.15, 0.2) is 0 Å². The van der Waals surface area contributed by atoms with Crippen LogP contribution in [-0.4, -0.2) is 14.7 Å². The maximum Gasteiger partial charge on any atom is 0.238 e. The zero-order chi connectivity index (χ0) is 14.6. The number of hydrogen-bond donors (Lipinski definition) is 1. The summed E-state index contributed by atoms with van der Waals surface area (Å²) in [6.07, 6.45) is 0.713. The number of benzene rings is 2. The lowest BCUT2D eigenvalue weighted by Gasteiger charge is -2.10. The smallest absolute Gasteiger partial charge is 0.238 e. The van der Waals surface area contributed by atoms with Crippen molar-refractivity contribution in [2.45, 2.75) is 11.5 Å². The molecule has 0 atom stereocenters. The summed E-state index contributed by atoms with van der Waals surface area (Å²) in [7, 11) is -3.79. The Hall–Kier alpha value is -2.18. The molecule has 0 heterocycles. The second kappa shape index (κ2) is 5.85. The van der Waals surface area contributed by atoms with E-state index >= 15 is 0 Å². The van der Waals surface area contributed by atoms with Gasteiger partial charge in [-0.2, -0.15) is 0 Å². The Morgan fingerprint density at radius 1 is 1.10 bits per heavy atom. The Bertz CT molecular complexity index is 725. The first-order chi connectivity index (χ1) is 9.50. The molecule has 0 aliphatic carbocycles. The molecule has 0 amide bonds. The van der Waals surface area contributed by atoms with Gasteiger partial charge in [-0.25, -0.2) is 13.6 Å². The molecule has 0 saturated heterocycles. The third kappa shape index (κ3) is 3.43. The molecule has 0 aromatic heterocycles. The molecule has 0 spiro atoms. The molecular weight excluding hydrogens is 278 g/mol. The summed E-state index contributed by atoms with van der Waals surface area (Å²) in [5.41, 5.74) is 0.953. The lowest BCUT2D eigenvalue weighted by molar-refractivity contribution is 0.112. The summed E-state index contributed by atoms with van der Waals surface area (Å²) in [5.74, 6) is 0.485. The van der Waals surface area contributed by atoms with E-state index in [0.717, 1.165) is 0 Å². The van der Waals surface area contributed by atoms with Crippen LogP contribution in [0.3, 0.4) is 0 Å². The minimum Gasteiger partial charge on any atom is -0.489 e. The van der Waals surface area contributed by atoms with Crippen molar-refractivity contribution in [1.29, 1.82) is 0 Å². The number of primary sulfonamides is 1. The fourth-order valence-corrected chi connectivity index (χ4v) is 2.50. The summed E-state index contributed by atoms with van der Waals surface area (Å²) in [4.78, 5) is 10.7. The zero-order valence-corrected chi connectivity index (χ0v) is 11.3. The van der Waals surface area contributed by atoms with Crippen LogP contribution < -0.4 is 9.88 Å².